The predicted octanol–water partition coefficient (Wildman–Crippen LogP) is 0.707. The van der Waals surface area contributed by atoms with Gasteiger partial charge in [0.1, 0.15) is 0 Å². The van der Waals surface area contributed by atoms with Crippen LogP contribution in [-0.4, -0.2) is 24.6 Å². The summed E-state index contributed by atoms with van der Waals surface area (Å²) >= 11 is -2.86. The van der Waals surface area contributed by atoms with Gasteiger partial charge in [-0.15, -0.1) is 0 Å². The summed E-state index contributed by atoms with van der Waals surface area (Å²) in [4.78, 5) is 9.86. The third-order valence-corrected chi connectivity index (χ3v) is 2.68. The van der Waals surface area contributed by atoms with Gasteiger partial charge in [0.05, 0.1) is 0 Å². The van der Waals surface area contributed by atoms with E-state index >= 15 is 0 Å². The summed E-state index contributed by atoms with van der Waals surface area (Å²) in [5.74, 6) is -0.961. The molecule has 48 valence electrons. The van der Waals surface area contributed by atoms with Gasteiger partial charge in [0.15, 0.2) is 0 Å². The van der Waals surface area contributed by atoms with Crippen LogP contribution in [0, 0.1) is 0 Å². The number of carbonyl (C=O) groups is 1. The Kier molecular flexibility index (Phi) is 2.35. The normalized spacial score (nSPS) is 11.2. The fourth-order valence-electron chi connectivity index (χ4n) is 0.326. The van der Waals surface area contributed by atoms with Crippen LogP contribution in [0.2, 0.25) is 16.6 Å². The van der Waals surface area contributed by atoms with Crippen LogP contribution in [0.5, 0.6) is 0 Å². The molecule has 0 unspecified atom stereocenters. The monoisotopic (exact) mass is 180 g/mol. The molecule has 0 aromatic rings. The summed E-state index contributed by atoms with van der Waals surface area (Å²) in [6.45, 7) is 0. The second-order valence-corrected chi connectivity index (χ2v) is 9.39. The van der Waals surface area contributed by atoms with Crippen LogP contribution in [0.1, 0.15) is 0 Å². The van der Waals surface area contributed by atoms with Gasteiger partial charge >= 0.3 is 49.7 Å². The van der Waals surface area contributed by atoms with E-state index in [1.165, 1.54) is 11.4 Å². The van der Waals surface area contributed by atoms with Gasteiger partial charge in [-0.3, -0.25) is 0 Å². The van der Waals surface area contributed by atoms with Crippen LogP contribution < -0.4 is 0 Å². The minimum atomic E-state index is -2.86. The van der Waals surface area contributed by atoms with Crippen molar-refractivity contribution in [3.63, 3.8) is 0 Å². The Morgan fingerprint density at radius 1 is 1.62 bits per heavy atom. The molecular formula is C4H9AsO3. The first-order valence-corrected chi connectivity index (χ1v) is 8.02. The molecule has 0 saturated carbocycles. The van der Waals surface area contributed by atoms with Crippen LogP contribution in [0.25, 0.3) is 0 Å². The third-order valence-electron chi connectivity index (χ3n) is 0.516. The molecule has 1 N–H and O–H groups in total. The Morgan fingerprint density at radius 3 is 2.00 bits per heavy atom. The van der Waals surface area contributed by atoms with Gasteiger partial charge in [-0.1, -0.05) is 0 Å². The van der Waals surface area contributed by atoms with E-state index in [-0.39, 0.29) is 5.21 Å². The zero-order valence-electron chi connectivity index (χ0n) is 4.92. The molecule has 0 bridgehead atoms. The first kappa shape index (κ1) is 7.83. The number of hydrogen-bond acceptors (Lipinski definition) is 2. The van der Waals surface area contributed by atoms with Crippen molar-refractivity contribution < 1.29 is 13.6 Å². The Labute approximate surface area is 50.4 Å². The topological polar surface area (TPSA) is 54.4 Å². The zero-order chi connectivity index (χ0) is 6.78. The van der Waals surface area contributed by atoms with Gasteiger partial charge in [-0.25, -0.2) is 0 Å². The van der Waals surface area contributed by atoms with Crippen molar-refractivity contribution in [2.75, 3.05) is 0 Å². The van der Waals surface area contributed by atoms with Gasteiger partial charge in [-0.2, -0.15) is 0 Å². The average Bonchev–Trinajstić information content (AvgIpc) is 1.21. The number of carboxylic acids is 1. The Hall–Kier alpha value is -0.172. The summed E-state index contributed by atoms with van der Waals surface area (Å²) in [7, 11) is 0. The van der Waals surface area contributed by atoms with Crippen LogP contribution >= 0.6 is 0 Å². The van der Waals surface area contributed by atoms with Crippen LogP contribution in [0.15, 0.2) is 0 Å². The van der Waals surface area contributed by atoms with Crippen molar-refractivity contribution in [2.24, 2.45) is 0 Å². The molecule has 0 amide bonds. The van der Waals surface area contributed by atoms with Crippen molar-refractivity contribution >= 4 is 19.5 Å². The van der Waals surface area contributed by atoms with Crippen molar-refractivity contribution in [1.29, 1.82) is 0 Å². The van der Waals surface area contributed by atoms with E-state index in [2.05, 4.69) is 0 Å². The third kappa shape index (κ3) is 5.83. The van der Waals surface area contributed by atoms with Crippen LogP contribution in [-0.2, 0) is 8.53 Å². The Morgan fingerprint density at radius 2 is 2.00 bits per heavy atom. The summed E-state index contributed by atoms with van der Waals surface area (Å²) in [6.07, 6.45) is 0. The molecule has 0 radical (unpaired) electrons. The molecule has 0 saturated heterocycles. The molecule has 0 fully saturated rings. The van der Waals surface area contributed by atoms with Crippen LogP contribution in [0.4, 0.5) is 0 Å². The number of carboxylic acid groups (broad SMARTS) is 1. The zero-order valence-corrected chi connectivity index (χ0v) is 6.79. The molecule has 0 atom stereocenters. The molecule has 4 heteroatoms. The van der Waals surface area contributed by atoms with Crippen LogP contribution in [0.3, 0.4) is 0 Å². The number of rotatable bonds is 2. The Bertz CT molecular complexity index is 134. The van der Waals surface area contributed by atoms with Gasteiger partial charge in [0, 0.05) is 0 Å². The summed E-state index contributed by atoms with van der Waals surface area (Å²) in [6, 6.07) is 0. The van der Waals surface area contributed by atoms with Crippen molar-refractivity contribution in [2.45, 2.75) is 16.6 Å². The minimum absolute atomic E-state index is 0.141. The van der Waals surface area contributed by atoms with E-state index in [1.54, 1.807) is 0 Å². The molecule has 0 aromatic heterocycles. The quantitative estimate of drug-likeness (QED) is 0.636. The summed E-state index contributed by atoms with van der Waals surface area (Å²) in [5.41, 5.74) is 3.04. The SMILES string of the molecule is C[As](C)(=O)CC(=O)O. The average molecular weight is 180 g/mol. The number of aliphatic carboxylic acids is 1. The van der Waals surface area contributed by atoms with E-state index in [9.17, 15) is 8.53 Å². The van der Waals surface area contributed by atoms with E-state index in [4.69, 9.17) is 5.11 Å². The fourth-order valence-corrected chi connectivity index (χ4v) is 1.69. The van der Waals surface area contributed by atoms with Gasteiger partial charge in [0.25, 0.3) is 0 Å². The second-order valence-electron chi connectivity index (χ2n) is 2.13. The molecule has 0 heterocycles. The summed E-state index contributed by atoms with van der Waals surface area (Å²) < 4.78 is 10.7. The molecule has 3 nitrogen and oxygen atoms in total. The number of hydrogen-bond donors (Lipinski definition) is 1. The molecule has 0 rings (SSSR count). The van der Waals surface area contributed by atoms with Crippen molar-refractivity contribution in [3.05, 3.63) is 0 Å². The van der Waals surface area contributed by atoms with Gasteiger partial charge < -0.3 is 0 Å². The maximum absolute atomic E-state index is 10.7. The molecule has 8 heavy (non-hydrogen) atoms. The first-order valence-electron chi connectivity index (χ1n) is 2.17. The Balaban J connectivity index is 3.74. The molecule has 0 aliphatic carbocycles. The predicted molar refractivity (Wildman–Crippen MR) is 30.6 cm³/mol. The second kappa shape index (κ2) is 2.40. The fraction of sp³-hybridized carbons (Fsp3) is 0.750. The van der Waals surface area contributed by atoms with E-state index < -0.39 is 19.5 Å². The molecule has 0 spiro atoms. The van der Waals surface area contributed by atoms with E-state index in [0.717, 1.165) is 0 Å². The van der Waals surface area contributed by atoms with Gasteiger partial charge in [-0.05, 0) is 0 Å². The van der Waals surface area contributed by atoms with E-state index in [0.29, 0.717) is 0 Å². The first-order chi connectivity index (χ1) is 3.42. The van der Waals surface area contributed by atoms with Crippen molar-refractivity contribution in [3.8, 4) is 0 Å². The van der Waals surface area contributed by atoms with Crippen molar-refractivity contribution in [1.82, 2.24) is 0 Å². The van der Waals surface area contributed by atoms with E-state index in [1.807, 2.05) is 0 Å². The standard InChI is InChI=1S/C4H9AsO3/c1-5(2,8)3-4(6)7/h3H2,1-2H3,(H,6,7). The molecule has 0 aliphatic heterocycles. The summed E-state index contributed by atoms with van der Waals surface area (Å²) in [5, 5.41) is 7.95. The van der Waals surface area contributed by atoms with Gasteiger partial charge in [0.2, 0.25) is 0 Å². The molecule has 0 aliphatic rings. The molecular weight excluding hydrogens is 171 g/mol. The molecule has 0 aromatic carbocycles. The maximum atomic E-state index is 10.7.